The Morgan fingerprint density at radius 2 is 0.846 bits per heavy atom. The van der Waals surface area contributed by atoms with Gasteiger partial charge in [0.15, 0.2) is 0 Å². The number of nitrogens with two attached hydrogens (primary N) is 3. The number of hydrogen-bond acceptors (Lipinski definition) is 25. The van der Waals surface area contributed by atoms with Crippen molar-refractivity contribution < 1.29 is 90.5 Å². The number of nitrogens with zero attached hydrogens (tertiary/aromatic N) is 3. The van der Waals surface area contributed by atoms with Crippen molar-refractivity contribution in [2.45, 2.75) is 64.8 Å². The van der Waals surface area contributed by atoms with Gasteiger partial charge >= 0.3 is 0 Å². The lowest BCUT2D eigenvalue weighted by molar-refractivity contribution is -0.136. The summed E-state index contributed by atoms with van der Waals surface area (Å²) in [6.07, 6.45) is -0.564. The first-order valence-electron chi connectivity index (χ1n) is 37.6. The Morgan fingerprint density at radius 3 is 1.31 bits per heavy atom. The molecule has 37 heteroatoms. The van der Waals surface area contributed by atoms with Gasteiger partial charge in [0.25, 0.3) is 29.5 Å². The number of rotatable bonds is 24. The van der Waals surface area contributed by atoms with Gasteiger partial charge in [-0.1, -0.05) is 41.9 Å². The summed E-state index contributed by atoms with van der Waals surface area (Å²) in [7, 11) is 7.42. The fourth-order valence-corrected chi connectivity index (χ4v) is 13.2. The summed E-state index contributed by atoms with van der Waals surface area (Å²) in [5.74, 6) is 0.256. The van der Waals surface area contributed by atoms with Gasteiger partial charge in [-0.3, -0.25) is 48.1 Å². The van der Waals surface area contributed by atoms with E-state index in [1.807, 2.05) is 18.2 Å². The number of hydrogen-bond donors (Lipinski definition) is 12. The summed E-state index contributed by atoms with van der Waals surface area (Å²) in [5, 5.41) is 26.2. The second-order valence-electron chi connectivity index (χ2n) is 27.0. The minimum Gasteiger partial charge on any atom is -0.496 e. The quantitative estimate of drug-likeness (QED) is 0.0340. The van der Waals surface area contributed by atoms with Crippen molar-refractivity contribution in [2.75, 3.05) is 195 Å². The predicted octanol–water partition coefficient (Wildman–Crippen LogP) is 5.34. The van der Waals surface area contributed by atoms with Crippen molar-refractivity contribution in [2.24, 2.45) is 0 Å². The number of nitrogens with one attached hydrogen (secondary N) is 9. The Hall–Kier alpha value is -10.1. The zero-order valence-electron chi connectivity index (χ0n) is 67.0. The largest absolute Gasteiger partial charge is 0.496 e. The topological polar surface area (TPSA) is 442 Å². The number of carbonyl (C=O) groups excluding carboxylic acids is 9. The molecule has 117 heavy (non-hydrogen) atoms. The van der Waals surface area contributed by atoms with E-state index in [4.69, 9.17) is 76.2 Å². The lowest BCUT2D eigenvalue weighted by atomic mass is 10.1. The van der Waals surface area contributed by atoms with Crippen LogP contribution in [0, 0.1) is 0 Å². The monoisotopic (exact) mass is 1770 g/mol. The highest BCUT2D eigenvalue weighted by molar-refractivity contribution is 9.11. The van der Waals surface area contributed by atoms with Gasteiger partial charge < -0.3 is 122 Å². The average Bonchev–Trinajstić information content (AvgIpc) is 0.826. The predicted molar refractivity (Wildman–Crippen MR) is 450 cm³/mol. The van der Waals surface area contributed by atoms with E-state index in [2.05, 4.69) is 96.7 Å². The standard InChI is InChI=1S/C20H24ClN3O3.C17H22BrN3O5.C17H23N3O5.C13H18BrN3O3.C13H19N3O3/c1-26-19-10-18(22)17(21)9-16(19)20(25)23-11-15-13-24(7-8-27-15)12-14-5-3-2-4-6-14;1-10(22)20-15-7-16(25-3)13(6-14(15)18)17(24)19-8-12-9-21(11(2)23)4-5-26-12;1-11(21)19-13-4-5-15(16(8-13)24-3)17(23)18-9-14-10-20(12(2)22)6-7-25-14;1-19-12-5-11(15)10(14)4-9(12)13(18)17-7-8-6-16-2-3-20-8;1-18-12-6-9(14)2-3-11(12)13(17)16-8-10-7-15-4-5-19-10/h2-6,9-10,15H,7-8,11-13,22H2,1H3,(H,23,25);6-7,12H,4-5,8-9H2,1-3H3,(H,19,24)(H,20,22);4-5,8,14H,6-7,9-10H2,1-3H3,(H,18,23)(H,19,21);4-5,8,16H,2-3,6-7,15H2,1H3,(H,17,18);2-3,6,10,15H,4-5,7-8,14H2,1H3,(H,16,17). The lowest BCUT2D eigenvalue weighted by Gasteiger charge is -2.33. The third-order valence-corrected chi connectivity index (χ3v) is 20.0. The van der Waals surface area contributed by atoms with Crippen molar-refractivity contribution in [1.82, 2.24) is 51.9 Å². The maximum Gasteiger partial charge on any atom is 0.255 e. The molecule has 15 N–H and O–H groups in total. The minimum atomic E-state index is -0.333. The Kier molecular flexibility index (Phi) is 39.0. The molecule has 6 aromatic rings. The molecule has 0 bridgehead atoms. The number of ether oxygens (including phenoxy) is 10. The summed E-state index contributed by atoms with van der Waals surface area (Å²) in [4.78, 5) is 113. The molecule has 5 saturated heterocycles. The SMILES string of the molecule is COc1cc(N)c(Br)cc1C(=O)NCC1CNCCO1.COc1cc(N)c(Cl)cc1C(=O)NCC1CN(Cc2ccccc2)CCO1.COc1cc(N)ccc1C(=O)NCC1CNCCO1.COc1cc(NC(C)=O)c(Br)cc1C(=O)NCC1CN(C(C)=O)CCO1.COc1cc(NC(C)=O)ccc1C(=O)NCC1CN(C(C)=O)CCO1. The number of methoxy groups -OCH3 is 5. The Labute approximate surface area is 702 Å². The third-order valence-electron chi connectivity index (χ3n) is 18.3. The molecule has 0 aliphatic carbocycles. The van der Waals surface area contributed by atoms with Gasteiger partial charge in [0.1, 0.15) is 28.7 Å². The average molecular weight is 1780 g/mol. The molecular weight excluding hydrogens is 1670 g/mol. The fourth-order valence-electron chi connectivity index (χ4n) is 12.2. The van der Waals surface area contributed by atoms with Crippen LogP contribution in [-0.4, -0.2) is 265 Å². The van der Waals surface area contributed by atoms with Gasteiger partial charge in [-0.25, -0.2) is 0 Å². The highest BCUT2D eigenvalue weighted by Gasteiger charge is 2.28. The molecule has 6 aromatic carbocycles. The molecule has 5 unspecified atom stereocenters. The van der Waals surface area contributed by atoms with Crippen LogP contribution in [0.4, 0.5) is 28.4 Å². The second kappa shape index (κ2) is 48.6. The van der Waals surface area contributed by atoms with Crippen LogP contribution >= 0.6 is 43.5 Å². The summed E-state index contributed by atoms with van der Waals surface area (Å²) in [6, 6.07) is 29.6. The molecule has 5 heterocycles. The number of nitrogen functional groups attached to an aromatic ring is 3. The molecule has 636 valence electrons. The number of morpholine rings is 5. The maximum absolute atomic E-state index is 12.5. The van der Waals surface area contributed by atoms with E-state index < -0.39 is 0 Å². The molecule has 34 nitrogen and oxygen atoms in total. The van der Waals surface area contributed by atoms with E-state index in [1.165, 1.54) is 74.9 Å². The van der Waals surface area contributed by atoms with Crippen molar-refractivity contribution in [3.8, 4) is 28.7 Å². The van der Waals surface area contributed by atoms with Gasteiger partial charge in [-0.2, -0.15) is 0 Å². The van der Waals surface area contributed by atoms with Crippen molar-refractivity contribution in [1.29, 1.82) is 0 Å². The number of benzene rings is 6. The van der Waals surface area contributed by atoms with E-state index in [-0.39, 0.29) is 90.2 Å². The first-order valence-corrected chi connectivity index (χ1v) is 39.5. The molecule has 0 radical (unpaired) electrons. The highest BCUT2D eigenvalue weighted by Crippen LogP contribution is 2.33. The Morgan fingerprint density at radius 1 is 0.444 bits per heavy atom. The molecule has 5 aliphatic heterocycles. The summed E-state index contributed by atoms with van der Waals surface area (Å²) in [6.45, 7) is 18.3. The van der Waals surface area contributed by atoms with Crippen LogP contribution in [-0.2, 0) is 49.4 Å². The van der Waals surface area contributed by atoms with Gasteiger partial charge in [0, 0.05) is 189 Å². The van der Waals surface area contributed by atoms with Crippen LogP contribution in [0.25, 0.3) is 0 Å². The number of amides is 9. The molecule has 5 fully saturated rings. The van der Waals surface area contributed by atoms with E-state index in [9.17, 15) is 43.2 Å². The summed E-state index contributed by atoms with van der Waals surface area (Å²) < 4.78 is 55.3. The van der Waals surface area contributed by atoms with Gasteiger partial charge in [-0.15, -0.1) is 0 Å². The molecule has 5 aliphatic rings. The van der Waals surface area contributed by atoms with Crippen LogP contribution < -0.4 is 88.7 Å². The number of halogens is 3. The highest BCUT2D eigenvalue weighted by atomic mass is 79.9. The van der Waals surface area contributed by atoms with Crippen LogP contribution in [0.15, 0.2) is 112 Å². The Balaban J connectivity index is 0.000000203. The smallest absolute Gasteiger partial charge is 0.255 e. The minimum absolute atomic E-state index is 0.00378. The van der Waals surface area contributed by atoms with Crippen LogP contribution in [0.3, 0.4) is 0 Å². The van der Waals surface area contributed by atoms with Crippen molar-refractivity contribution in [3.63, 3.8) is 0 Å². The van der Waals surface area contributed by atoms with Crippen LogP contribution in [0.2, 0.25) is 5.02 Å². The molecule has 0 saturated carbocycles. The van der Waals surface area contributed by atoms with E-state index in [0.29, 0.717) is 184 Å². The fraction of sp³-hybridized carbons (Fsp3) is 0.438. The van der Waals surface area contributed by atoms with Crippen molar-refractivity contribution >= 4 is 125 Å². The molecular formula is C80H106Br2ClN15O19. The molecule has 5 atom stereocenters. The van der Waals surface area contributed by atoms with Crippen LogP contribution in [0.5, 0.6) is 28.7 Å². The third kappa shape index (κ3) is 30.7. The van der Waals surface area contributed by atoms with E-state index in [0.717, 1.165) is 45.8 Å². The van der Waals surface area contributed by atoms with E-state index in [1.54, 1.807) is 76.5 Å². The Bertz CT molecular complexity index is 4340. The first-order chi connectivity index (χ1) is 56.1. The molecule has 11 rings (SSSR count). The molecule has 0 spiro atoms. The summed E-state index contributed by atoms with van der Waals surface area (Å²) in [5.41, 5.74) is 22.9. The zero-order valence-corrected chi connectivity index (χ0v) is 70.9. The number of anilines is 5. The van der Waals surface area contributed by atoms with Gasteiger partial charge in [0.05, 0.1) is 143 Å². The lowest BCUT2D eigenvalue weighted by Crippen LogP contribution is -2.49. The normalized spacial score (nSPS) is 17.6. The van der Waals surface area contributed by atoms with Gasteiger partial charge in [-0.05, 0) is 79.9 Å². The van der Waals surface area contributed by atoms with E-state index >= 15 is 0 Å². The number of carbonyl (C=O) groups is 9. The second-order valence-corrected chi connectivity index (χ2v) is 29.1. The maximum atomic E-state index is 12.5. The van der Waals surface area contributed by atoms with Crippen LogP contribution in [0.1, 0.15) is 85.0 Å². The molecule has 9 amide bonds. The first kappa shape index (κ1) is 94.0. The zero-order chi connectivity index (χ0) is 85.1. The summed E-state index contributed by atoms with van der Waals surface area (Å²) >= 11 is 12.7. The van der Waals surface area contributed by atoms with Crippen molar-refractivity contribution in [3.05, 3.63) is 150 Å². The van der Waals surface area contributed by atoms with Gasteiger partial charge in [0.2, 0.25) is 23.6 Å². The molecule has 0 aromatic heterocycles.